The molecular formula is C15H24N4O. The van der Waals surface area contributed by atoms with Crippen LogP contribution in [0.3, 0.4) is 0 Å². The first-order valence-electron chi connectivity index (χ1n) is 6.98. The van der Waals surface area contributed by atoms with Crippen LogP contribution in [0.25, 0.3) is 0 Å². The number of carbonyl (C=O) groups is 1. The van der Waals surface area contributed by atoms with Crippen LogP contribution < -0.4 is 11.3 Å². The molecule has 20 heavy (non-hydrogen) atoms. The van der Waals surface area contributed by atoms with E-state index in [4.69, 9.17) is 5.84 Å². The first kappa shape index (κ1) is 14.8. The maximum absolute atomic E-state index is 12.4. The lowest BCUT2D eigenvalue weighted by molar-refractivity contribution is 0.0252. The van der Waals surface area contributed by atoms with Crippen molar-refractivity contribution < 1.29 is 4.79 Å². The summed E-state index contributed by atoms with van der Waals surface area (Å²) in [4.78, 5) is 16.5. The van der Waals surface area contributed by atoms with E-state index in [-0.39, 0.29) is 11.4 Å². The molecule has 3 N–H and O–H groups in total. The van der Waals surface area contributed by atoms with E-state index in [1.807, 2.05) is 24.1 Å². The Hall–Kier alpha value is -1.59. The van der Waals surface area contributed by atoms with Crippen LogP contribution >= 0.6 is 0 Å². The van der Waals surface area contributed by atoms with Gasteiger partial charge in [-0.3, -0.25) is 10.6 Å². The number of nitrogens with one attached hydrogen (secondary N) is 1. The summed E-state index contributed by atoms with van der Waals surface area (Å²) < 4.78 is 0. The van der Waals surface area contributed by atoms with Gasteiger partial charge >= 0.3 is 0 Å². The van der Waals surface area contributed by atoms with Crippen molar-refractivity contribution in [1.82, 2.24) is 9.80 Å². The standard InChI is InChI=1S/C15H24N4O/c1-18(2)15(9-4-10-15)11-19(3)14(20)12-5-7-13(17-16)8-6-12/h5-8,17H,4,9-11,16H2,1-3H3. The van der Waals surface area contributed by atoms with Gasteiger partial charge in [-0.15, -0.1) is 0 Å². The molecule has 1 fully saturated rings. The maximum Gasteiger partial charge on any atom is 0.253 e. The van der Waals surface area contributed by atoms with Crippen LogP contribution in [0.2, 0.25) is 0 Å². The number of benzene rings is 1. The number of hydrogen-bond acceptors (Lipinski definition) is 4. The summed E-state index contributed by atoms with van der Waals surface area (Å²) in [5.41, 5.74) is 4.21. The molecule has 0 aromatic heterocycles. The van der Waals surface area contributed by atoms with Crippen LogP contribution in [0.15, 0.2) is 24.3 Å². The third-order valence-corrected chi connectivity index (χ3v) is 4.41. The molecule has 2 rings (SSSR count). The second-order valence-electron chi connectivity index (χ2n) is 5.86. The van der Waals surface area contributed by atoms with Crippen LogP contribution in [0.5, 0.6) is 0 Å². The summed E-state index contributed by atoms with van der Waals surface area (Å²) in [7, 11) is 6.07. The molecule has 1 aromatic rings. The zero-order valence-electron chi connectivity index (χ0n) is 12.5. The highest BCUT2D eigenvalue weighted by Crippen LogP contribution is 2.36. The lowest BCUT2D eigenvalue weighted by Gasteiger charge is -2.49. The Kier molecular flexibility index (Phi) is 4.30. The summed E-state index contributed by atoms with van der Waals surface area (Å²) in [5, 5.41) is 0. The van der Waals surface area contributed by atoms with Crippen LogP contribution in [-0.4, -0.2) is 48.9 Å². The fourth-order valence-electron chi connectivity index (χ4n) is 2.77. The Balaban J connectivity index is 2.04. The first-order chi connectivity index (χ1) is 9.48. The summed E-state index contributed by atoms with van der Waals surface area (Å²) >= 11 is 0. The molecule has 0 spiro atoms. The monoisotopic (exact) mass is 276 g/mol. The van der Waals surface area contributed by atoms with E-state index in [2.05, 4.69) is 24.4 Å². The predicted octanol–water partition coefficient (Wildman–Crippen LogP) is 1.53. The SMILES string of the molecule is CN(CC1(N(C)C)CCC1)C(=O)c1ccc(NN)cc1. The third-order valence-electron chi connectivity index (χ3n) is 4.41. The van der Waals surface area contributed by atoms with Crippen LogP contribution in [0.4, 0.5) is 5.69 Å². The highest BCUT2D eigenvalue weighted by molar-refractivity contribution is 5.94. The van der Waals surface area contributed by atoms with Crippen molar-refractivity contribution in [1.29, 1.82) is 0 Å². The Morgan fingerprint density at radius 3 is 2.25 bits per heavy atom. The third kappa shape index (κ3) is 2.78. The number of carbonyl (C=O) groups excluding carboxylic acids is 1. The van der Waals surface area contributed by atoms with E-state index in [0.29, 0.717) is 5.56 Å². The normalized spacial score (nSPS) is 16.6. The number of hydrogen-bond donors (Lipinski definition) is 2. The number of likely N-dealkylation sites (N-methyl/N-ethyl adjacent to an activating group) is 2. The van der Waals surface area contributed by atoms with Gasteiger partial charge in [0.25, 0.3) is 5.91 Å². The Morgan fingerprint density at radius 2 is 1.85 bits per heavy atom. The van der Waals surface area contributed by atoms with E-state index in [1.165, 1.54) is 6.42 Å². The fraction of sp³-hybridized carbons (Fsp3) is 0.533. The molecule has 1 aliphatic carbocycles. The largest absolute Gasteiger partial charge is 0.340 e. The molecule has 0 heterocycles. The van der Waals surface area contributed by atoms with Crippen molar-refractivity contribution in [2.45, 2.75) is 24.8 Å². The highest BCUT2D eigenvalue weighted by Gasteiger charge is 2.40. The number of nitrogens with zero attached hydrogens (tertiary/aromatic N) is 2. The van der Waals surface area contributed by atoms with Gasteiger partial charge in [-0.2, -0.15) is 0 Å². The zero-order chi connectivity index (χ0) is 14.8. The number of hydrazine groups is 1. The first-order valence-corrected chi connectivity index (χ1v) is 6.98. The lowest BCUT2D eigenvalue weighted by atomic mass is 9.75. The molecular weight excluding hydrogens is 252 g/mol. The molecule has 0 atom stereocenters. The average Bonchev–Trinajstić information content (AvgIpc) is 2.41. The number of nitrogen functional groups attached to an aromatic ring is 1. The average molecular weight is 276 g/mol. The van der Waals surface area contributed by atoms with Gasteiger partial charge in [-0.1, -0.05) is 0 Å². The molecule has 1 amide bonds. The van der Waals surface area contributed by atoms with Crippen LogP contribution in [0, 0.1) is 0 Å². The predicted molar refractivity (Wildman–Crippen MR) is 81.5 cm³/mol. The Bertz CT molecular complexity index is 465. The molecule has 0 radical (unpaired) electrons. The van der Waals surface area contributed by atoms with Gasteiger partial charge in [0.15, 0.2) is 0 Å². The topological polar surface area (TPSA) is 61.6 Å². The minimum absolute atomic E-state index is 0.0571. The molecule has 110 valence electrons. The Morgan fingerprint density at radius 1 is 1.25 bits per heavy atom. The molecule has 1 saturated carbocycles. The summed E-state index contributed by atoms with van der Waals surface area (Å²) in [6.45, 7) is 0.774. The van der Waals surface area contributed by atoms with Crippen molar-refractivity contribution >= 4 is 11.6 Å². The summed E-state index contributed by atoms with van der Waals surface area (Å²) in [6.07, 6.45) is 3.57. The van der Waals surface area contributed by atoms with Gasteiger partial charge in [-0.25, -0.2) is 0 Å². The van der Waals surface area contributed by atoms with Gasteiger partial charge in [0, 0.05) is 30.4 Å². The lowest BCUT2D eigenvalue weighted by Crippen LogP contribution is -2.57. The van der Waals surface area contributed by atoms with E-state index >= 15 is 0 Å². The molecule has 5 heteroatoms. The molecule has 0 aliphatic heterocycles. The van der Waals surface area contributed by atoms with Crippen LogP contribution in [0.1, 0.15) is 29.6 Å². The quantitative estimate of drug-likeness (QED) is 0.632. The molecule has 1 aromatic carbocycles. The van der Waals surface area contributed by atoms with Gasteiger partial charge < -0.3 is 15.2 Å². The number of rotatable bonds is 5. The fourth-order valence-corrected chi connectivity index (χ4v) is 2.77. The molecule has 1 aliphatic rings. The van der Waals surface area contributed by atoms with Crippen molar-refractivity contribution in [2.24, 2.45) is 5.84 Å². The second kappa shape index (κ2) is 5.81. The van der Waals surface area contributed by atoms with E-state index in [0.717, 1.165) is 25.1 Å². The smallest absolute Gasteiger partial charge is 0.253 e. The van der Waals surface area contributed by atoms with Gasteiger partial charge in [0.2, 0.25) is 0 Å². The number of amides is 1. The van der Waals surface area contributed by atoms with E-state index in [9.17, 15) is 4.79 Å². The van der Waals surface area contributed by atoms with Crippen molar-refractivity contribution in [3.05, 3.63) is 29.8 Å². The van der Waals surface area contributed by atoms with Gasteiger partial charge in [0.05, 0.1) is 0 Å². The van der Waals surface area contributed by atoms with Crippen LogP contribution in [-0.2, 0) is 0 Å². The summed E-state index contributed by atoms with van der Waals surface area (Å²) in [6, 6.07) is 7.23. The zero-order valence-corrected chi connectivity index (χ0v) is 12.5. The van der Waals surface area contributed by atoms with Crippen molar-refractivity contribution in [2.75, 3.05) is 33.1 Å². The van der Waals surface area contributed by atoms with Gasteiger partial charge in [-0.05, 0) is 57.6 Å². The Labute approximate surface area is 120 Å². The van der Waals surface area contributed by atoms with E-state index < -0.39 is 0 Å². The van der Waals surface area contributed by atoms with Gasteiger partial charge in [0.1, 0.15) is 0 Å². The van der Waals surface area contributed by atoms with Crippen molar-refractivity contribution in [3.8, 4) is 0 Å². The minimum Gasteiger partial charge on any atom is -0.340 e. The minimum atomic E-state index is 0.0571. The molecule has 0 unspecified atom stereocenters. The van der Waals surface area contributed by atoms with E-state index in [1.54, 1.807) is 12.1 Å². The number of nitrogens with two attached hydrogens (primary N) is 1. The molecule has 5 nitrogen and oxygen atoms in total. The second-order valence-corrected chi connectivity index (χ2v) is 5.86. The maximum atomic E-state index is 12.4. The number of anilines is 1. The molecule has 0 bridgehead atoms. The van der Waals surface area contributed by atoms with Crippen molar-refractivity contribution in [3.63, 3.8) is 0 Å². The molecule has 0 saturated heterocycles. The highest BCUT2D eigenvalue weighted by atomic mass is 16.2. The summed E-state index contributed by atoms with van der Waals surface area (Å²) in [5.74, 6) is 5.38.